The summed E-state index contributed by atoms with van der Waals surface area (Å²) in [4.78, 5) is 14.3. The summed E-state index contributed by atoms with van der Waals surface area (Å²) in [6.45, 7) is 0. The maximum absolute atomic E-state index is 6.32. The molecule has 5 nitrogen and oxygen atoms in total. The molecule has 5 rings (SSSR count). The zero-order valence-corrected chi connectivity index (χ0v) is 18.9. The van der Waals surface area contributed by atoms with Crippen LogP contribution in [0.1, 0.15) is 42.6 Å². The van der Waals surface area contributed by atoms with Gasteiger partial charge in [0.2, 0.25) is 0 Å². The van der Waals surface area contributed by atoms with Crippen LogP contribution in [-0.4, -0.2) is 25.4 Å². The zero-order chi connectivity index (χ0) is 21.9. The summed E-state index contributed by atoms with van der Waals surface area (Å²) in [7, 11) is 0. The van der Waals surface area contributed by atoms with Gasteiger partial charge in [0.15, 0.2) is 5.65 Å². The van der Waals surface area contributed by atoms with Gasteiger partial charge < -0.3 is 5.73 Å². The summed E-state index contributed by atoms with van der Waals surface area (Å²) in [6, 6.07) is 14.5. The van der Waals surface area contributed by atoms with Crippen LogP contribution >= 0.6 is 11.6 Å². The first-order valence-corrected chi connectivity index (χ1v) is 11.8. The molecule has 4 aromatic rings. The van der Waals surface area contributed by atoms with Gasteiger partial charge in [-0.25, -0.2) is 4.98 Å². The number of hydrogen-bond acceptors (Lipinski definition) is 4. The van der Waals surface area contributed by atoms with Crippen molar-refractivity contribution in [1.29, 1.82) is 0 Å². The van der Waals surface area contributed by atoms with Crippen molar-refractivity contribution in [2.24, 2.45) is 11.7 Å². The number of imidazole rings is 1. The topological polar surface area (TPSA) is 69.1 Å². The van der Waals surface area contributed by atoms with Crippen molar-refractivity contribution >= 4 is 17.2 Å². The van der Waals surface area contributed by atoms with Gasteiger partial charge in [-0.15, -0.1) is 0 Å². The lowest BCUT2D eigenvalue weighted by Gasteiger charge is -2.25. The highest BCUT2D eigenvalue weighted by atomic mass is 35.5. The number of halogens is 1. The van der Waals surface area contributed by atoms with E-state index in [1.807, 2.05) is 42.9 Å². The molecule has 164 valence electrons. The molecule has 1 aliphatic rings. The second kappa shape index (κ2) is 9.39. The van der Waals surface area contributed by atoms with Crippen LogP contribution < -0.4 is 5.73 Å². The van der Waals surface area contributed by atoms with Crippen LogP contribution in [-0.2, 0) is 19.3 Å². The molecule has 1 saturated carbocycles. The first-order valence-electron chi connectivity index (χ1n) is 11.4. The Morgan fingerprint density at radius 3 is 2.66 bits per heavy atom. The van der Waals surface area contributed by atoms with Crippen molar-refractivity contribution < 1.29 is 0 Å². The van der Waals surface area contributed by atoms with Crippen molar-refractivity contribution in [1.82, 2.24) is 19.4 Å². The van der Waals surface area contributed by atoms with E-state index in [4.69, 9.17) is 27.3 Å². The van der Waals surface area contributed by atoms with Crippen LogP contribution in [0.4, 0.5) is 0 Å². The van der Waals surface area contributed by atoms with Crippen molar-refractivity contribution in [2.45, 2.75) is 51.0 Å². The summed E-state index contributed by atoms with van der Waals surface area (Å²) < 4.78 is 2.12. The second-order valence-electron chi connectivity index (χ2n) is 8.80. The fourth-order valence-corrected chi connectivity index (χ4v) is 4.93. The molecular formula is C26H28ClN5. The molecule has 0 radical (unpaired) electrons. The van der Waals surface area contributed by atoms with E-state index in [-0.39, 0.29) is 0 Å². The third kappa shape index (κ3) is 4.54. The molecule has 0 spiro atoms. The largest absolute Gasteiger partial charge is 0.328 e. The van der Waals surface area contributed by atoms with Crippen LogP contribution in [0.3, 0.4) is 0 Å². The molecule has 0 saturated heterocycles. The molecule has 32 heavy (non-hydrogen) atoms. The maximum atomic E-state index is 6.32. The number of hydrogen-bond donors (Lipinski definition) is 1. The molecule has 2 N–H and O–H groups in total. The van der Waals surface area contributed by atoms with Crippen molar-refractivity contribution in [3.63, 3.8) is 0 Å². The fraction of sp³-hybridized carbons (Fsp3) is 0.346. The van der Waals surface area contributed by atoms with Crippen molar-refractivity contribution in [3.05, 3.63) is 83.0 Å². The monoisotopic (exact) mass is 445 g/mol. The van der Waals surface area contributed by atoms with E-state index < -0.39 is 0 Å². The highest BCUT2D eigenvalue weighted by Crippen LogP contribution is 2.28. The Morgan fingerprint density at radius 2 is 1.81 bits per heavy atom. The van der Waals surface area contributed by atoms with Gasteiger partial charge in [-0.1, -0.05) is 35.9 Å². The smallest absolute Gasteiger partial charge is 0.159 e. The predicted octanol–water partition coefficient (Wildman–Crippen LogP) is 5.29. The molecule has 0 aliphatic heterocycles. The number of fused-ring (bicyclic) bond motifs is 1. The molecule has 6 heteroatoms. The van der Waals surface area contributed by atoms with Crippen molar-refractivity contribution in [3.8, 4) is 11.4 Å². The predicted molar refractivity (Wildman–Crippen MR) is 129 cm³/mol. The number of rotatable bonds is 6. The van der Waals surface area contributed by atoms with Gasteiger partial charge >= 0.3 is 0 Å². The van der Waals surface area contributed by atoms with E-state index in [1.165, 1.54) is 12.8 Å². The van der Waals surface area contributed by atoms with Gasteiger partial charge in [0.1, 0.15) is 0 Å². The van der Waals surface area contributed by atoms with Gasteiger partial charge in [-0.3, -0.25) is 14.4 Å². The summed E-state index contributed by atoms with van der Waals surface area (Å²) in [5.41, 5.74) is 12.2. The summed E-state index contributed by atoms with van der Waals surface area (Å²) in [5.74, 6) is 0.639. The van der Waals surface area contributed by atoms with E-state index in [2.05, 4.69) is 27.6 Å². The van der Waals surface area contributed by atoms with E-state index in [1.54, 1.807) is 0 Å². The molecule has 0 atom stereocenters. The van der Waals surface area contributed by atoms with E-state index in [9.17, 15) is 0 Å². The highest BCUT2D eigenvalue weighted by Gasteiger charge is 2.21. The molecular weight excluding hydrogens is 418 g/mol. The van der Waals surface area contributed by atoms with Gasteiger partial charge in [-0.05, 0) is 74.6 Å². The summed E-state index contributed by atoms with van der Waals surface area (Å²) in [6.07, 6.45) is 13.0. The Labute approximate surface area is 193 Å². The number of nitrogens with two attached hydrogens (primary N) is 1. The van der Waals surface area contributed by atoms with Gasteiger partial charge in [0.05, 0.1) is 23.3 Å². The van der Waals surface area contributed by atoms with Crippen LogP contribution in [0.25, 0.3) is 17.0 Å². The van der Waals surface area contributed by atoms with Crippen LogP contribution in [0.15, 0.2) is 61.1 Å². The Kier molecular flexibility index (Phi) is 6.19. The van der Waals surface area contributed by atoms with Crippen LogP contribution in [0, 0.1) is 5.92 Å². The molecule has 1 aliphatic carbocycles. The fourth-order valence-electron chi connectivity index (χ4n) is 4.70. The second-order valence-corrected chi connectivity index (χ2v) is 9.21. The first kappa shape index (κ1) is 21.1. The average Bonchev–Trinajstić information content (AvgIpc) is 3.26. The normalized spacial score (nSPS) is 18.8. The van der Waals surface area contributed by atoms with Gasteiger partial charge in [0.25, 0.3) is 0 Å². The van der Waals surface area contributed by atoms with E-state index in [0.717, 1.165) is 71.1 Å². The molecule has 0 amide bonds. The summed E-state index contributed by atoms with van der Waals surface area (Å²) in [5, 5.41) is 0.811. The van der Waals surface area contributed by atoms with Gasteiger partial charge in [-0.2, -0.15) is 0 Å². The number of aryl methyl sites for hydroxylation is 2. The minimum atomic E-state index is 0.365. The standard InChI is InChI=1S/C26H28ClN5/c27-22-6-2-1-4-19(22)10-13-21-5-3-7-23(31-21)25-17-30-26-24(29-14-15-32(25)26)16-18-8-11-20(28)12-9-18/h1-7,14-15,17-18,20H,8-13,16,28H2. The van der Waals surface area contributed by atoms with Gasteiger partial charge in [0, 0.05) is 29.2 Å². The maximum Gasteiger partial charge on any atom is 0.159 e. The minimum absolute atomic E-state index is 0.365. The number of nitrogens with zero attached hydrogens (tertiary/aromatic N) is 4. The van der Waals surface area contributed by atoms with Crippen molar-refractivity contribution in [2.75, 3.05) is 0 Å². The van der Waals surface area contributed by atoms with Crippen LogP contribution in [0.2, 0.25) is 5.02 Å². The van der Waals surface area contributed by atoms with E-state index >= 15 is 0 Å². The quantitative estimate of drug-likeness (QED) is 0.437. The van der Waals surface area contributed by atoms with E-state index in [0.29, 0.717) is 12.0 Å². The SMILES string of the molecule is NC1CCC(Cc2nccn3c(-c4cccc(CCc5ccccc5Cl)n4)cnc23)CC1. The average molecular weight is 446 g/mol. The first-order chi connectivity index (χ1) is 15.7. The lowest BCUT2D eigenvalue weighted by Crippen LogP contribution is -2.27. The number of aromatic nitrogens is 4. The molecule has 3 aromatic heterocycles. The molecule has 3 heterocycles. The highest BCUT2D eigenvalue weighted by molar-refractivity contribution is 6.31. The lowest BCUT2D eigenvalue weighted by molar-refractivity contribution is 0.323. The number of benzene rings is 1. The third-order valence-corrected chi connectivity index (χ3v) is 6.92. The number of pyridine rings is 1. The molecule has 0 unspecified atom stereocenters. The Morgan fingerprint density at radius 1 is 0.969 bits per heavy atom. The molecule has 0 bridgehead atoms. The third-order valence-electron chi connectivity index (χ3n) is 6.55. The van der Waals surface area contributed by atoms with Crippen LogP contribution in [0.5, 0.6) is 0 Å². The minimum Gasteiger partial charge on any atom is -0.328 e. The Hall–Kier alpha value is -2.76. The Balaban J connectivity index is 1.37. The Bertz CT molecular complexity index is 1210. The lowest BCUT2D eigenvalue weighted by atomic mass is 9.84. The zero-order valence-electron chi connectivity index (χ0n) is 18.1. The summed E-state index contributed by atoms with van der Waals surface area (Å²) >= 11 is 6.32. The molecule has 1 aromatic carbocycles. The molecule has 1 fully saturated rings.